The lowest BCUT2D eigenvalue weighted by molar-refractivity contribution is -0.123. The number of nitrogens with two attached hydrogens (primary N) is 1. The SMILES string of the molecule is COc1cc(C(=O)NC[C@](O)(c2cc3c(c(-c4cc(Cl)c(F)c(Cl)c4)n2)OC[C@]3(C)C(N)=O)C2CC2)cc2cc(Cl)c(C)nc12. The number of nitrogens with zero attached hydrogens (tertiary/aromatic N) is 2. The Bertz CT molecular complexity index is 1900. The number of aryl methyl sites for hydroxylation is 1. The van der Waals surface area contributed by atoms with E-state index < -0.39 is 28.6 Å². The number of hydrogen-bond donors (Lipinski definition) is 3. The van der Waals surface area contributed by atoms with Crippen LogP contribution in [-0.2, 0) is 15.8 Å². The Morgan fingerprint density at radius 2 is 1.82 bits per heavy atom. The number of fused-ring (bicyclic) bond motifs is 2. The molecule has 1 aliphatic heterocycles. The monoisotopic (exact) mass is 672 g/mol. The van der Waals surface area contributed by atoms with Crippen LogP contribution in [0.1, 0.15) is 47.1 Å². The van der Waals surface area contributed by atoms with Gasteiger partial charge in [0.05, 0.1) is 40.1 Å². The highest BCUT2D eigenvalue weighted by Crippen LogP contribution is 2.50. The van der Waals surface area contributed by atoms with E-state index in [0.717, 1.165) is 0 Å². The summed E-state index contributed by atoms with van der Waals surface area (Å²) in [5.41, 5.74) is 5.43. The lowest BCUT2D eigenvalue weighted by atomic mass is 9.81. The molecule has 1 fully saturated rings. The summed E-state index contributed by atoms with van der Waals surface area (Å²) >= 11 is 18.5. The molecule has 1 aliphatic carbocycles. The van der Waals surface area contributed by atoms with Crippen molar-refractivity contribution in [1.29, 1.82) is 0 Å². The fourth-order valence-electron chi connectivity index (χ4n) is 5.63. The van der Waals surface area contributed by atoms with Gasteiger partial charge in [-0.1, -0.05) is 34.8 Å². The van der Waals surface area contributed by atoms with Gasteiger partial charge >= 0.3 is 0 Å². The minimum Gasteiger partial charge on any atom is -0.494 e. The fourth-order valence-corrected chi connectivity index (χ4v) is 6.27. The zero-order valence-electron chi connectivity index (χ0n) is 24.4. The largest absolute Gasteiger partial charge is 0.494 e. The molecule has 0 bridgehead atoms. The predicted octanol–water partition coefficient (Wildman–Crippen LogP) is 5.88. The van der Waals surface area contributed by atoms with Crippen LogP contribution in [0, 0.1) is 18.7 Å². The minimum absolute atomic E-state index is 0.0702. The molecule has 0 unspecified atom stereocenters. The Morgan fingerprint density at radius 1 is 1.13 bits per heavy atom. The molecule has 4 aromatic rings. The van der Waals surface area contributed by atoms with Crippen molar-refractivity contribution in [2.45, 2.75) is 37.7 Å². The van der Waals surface area contributed by atoms with Crippen LogP contribution in [0.5, 0.6) is 11.5 Å². The normalized spacial score (nSPS) is 18.7. The van der Waals surface area contributed by atoms with Crippen LogP contribution in [0.25, 0.3) is 22.2 Å². The van der Waals surface area contributed by atoms with Gasteiger partial charge in [0.2, 0.25) is 5.91 Å². The van der Waals surface area contributed by atoms with Crippen molar-refractivity contribution in [3.63, 3.8) is 0 Å². The van der Waals surface area contributed by atoms with Crippen LogP contribution in [-0.4, -0.2) is 47.2 Å². The van der Waals surface area contributed by atoms with Crippen molar-refractivity contribution in [2.75, 3.05) is 20.3 Å². The molecular formula is C32H28Cl3FN4O5. The van der Waals surface area contributed by atoms with Gasteiger partial charge in [-0.25, -0.2) is 14.4 Å². The molecule has 2 amide bonds. The Balaban J connectivity index is 1.42. The van der Waals surface area contributed by atoms with Crippen LogP contribution in [0.2, 0.25) is 15.1 Å². The van der Waals surface area contributed by atoms with E-state index >= 15 is 0 Å². The number of methoxy groups -OCH3 is 1. The molecule has 13 heteroatoms. The van der Waals surface area contributed by atoms with Crippen LogP contribution in [0.4, 0.5) is 4.39 Å². The standard InChI is InChI=1S/C32H28Cl3FN4O5/c1-14-20(33)7-15-6-17(10-23(44-3)26(15)39-14)29(41)38-12-32(43,18-4-5-18)24-11-19-28(45-13-31(19,2)30(37)42)27(40-24)16-8-21(34)25(36)22(35)9-16/h6-11,18,43H,4-5,12-13H2,1-3H3,(H2,37,42)(H,38,41)/t31-,32+/m0/s1. The highest BCUT2D eigenvalue weighted by atomic mass is 35.5. The average molecular weight is 674 g/mol. The van der Waals surface area contributed by atoms with Gasteiger partial charge in [-0.2, -0.15) is 0 Å². The number of carbonyl (C=O) groups is 2. The van der Waals surface area contributed by atoms with E-state index in [2.05, 4.69) is 10.3 Å². The van der Waals surface area contributed by atoms with Gasteiger partial charge in [0.25, 0.3) is 5.91 Å². The van der Waals surface area contributed by atoms with Crippen molar-refractivity contribution >= 4 is 57.5 Å². The van der Waals surface area contributed by atoms with Crippen LogP contribution in [0.15, 0.2) is 36.4 Å². The zero-order chi connectivity index (χ0) is 32.4. The maximum absolute atomic E-state index is 14.3. The van der Waals surface area contributed by atoms with Crippen LogP contribution < -0.4 is 20.5 Å². The first-order chi connectivity index (χ1) is 21.3. The van der Waals surface area contributed by atoms with Gasteiger partial charge in [0.1, 0.15) is 40.3 Å². The number of rotatable bonds is 8. The summed E-state index contributed by atoms with van der Waals surface area (Å²) in [6, 6.07) is 9.19. The fraction of sp³-hybridized carbons (Fsp3) is 0.312. The summed E-state index contributed by atoms with van der Waals surface area (Å²) < 4.78 is 25.7. The van der Waals surface area contributed by atoms with Crippen molar-refractivity contribution in [1.82, 2.24) is 15.3 Å². The number of pyridine rings is 2. The zero-order valence-corrected chi connectivity index (χ0v) is 26.7. The third-order valence-electron chi connectivity index (χ3n) is 8.58. The van der Waals surface area contributed by atoms with Crippen molar-refractivity contribution in [3.05, 3.63) is 79.8 Å². The third kappa shape index (κ3) is 5.33. The molecule has 45 heavy (non-hydrogen) atoms. The van der Waals surface area contributed by atoms with E-state index in [-0.39, 0.29) is 51.8 Å². The summed E-state index contributed by atoms with van der Waals surface area (Å²) in [7, 11) is 1.48. The Morgan fingerprint density at radius 3 is 2.44 bits per heavy atom. The molecule has 234 valence electrons. The second kappa shape index (κ2) is 11.3. The molecule has 4 N–H and O–H groups in total. The van der Waals surface area contributed by atoms with E-state index in [4.69, 9.17) is 55.0 Å². The second-order valence-electron chi connectivity index (χ2n) is 11.7. The number of aromatic nitrogens is 2. The Kier molecular flexibility index (Phi) is 7.84. The predicted molar refractivity (Wildman–Crippen MR) is 169 cm³/mol. The van der Waals surface area contributed by atoms with Crippen LogP contribution in [0.3, 0.4) is 0 Å². The number of nitrogens with one attached hydrogen (secondary N) is 1. The third-order valence-corrected chi connectivity index (χ3v) is 9.52. The second-order valence-corrected chi connectivity index (χ2v) is 12.9. The molecule has 6 rings (SSSR count). The molecule has 2 aromatic heterocycles. The quantitative estimate of drug-likeness (QED) is 0.199. The first kappa shape index (κ1) is 31.3. The number of aliphatic hydroxyl groups is 1. The Labute approximate surface area is 272 Å². The van der Waals surface area contributed by atoms with Crippen molar-refractivity contribution in [2.24, 2.45) is 11.7 Å². The smallest absolute Gasteiger partial charge is 0.251 e. The number of halogens is 4. The first-order valence-corrected chi connectivity index (χ1v) is 15.2. The van der Waals surface area contributed by atoms with E-state index in [9.17, 15) is 19.1 Å². The summed E-state index contributed by atoms with van der Waals surface area (Å²) in [4.78, 5) is 35.4. The van der Waals surface area contributed by atoms with Gasteiger partial charge < -0.3 is 25.6 Å². The van der Waals surface area contributed by atoms with Gasteiger partial charge in [-0.15, -0.1) is 0 Å². The number of primary amides is 1. The summed E-state index contributed by atoms with van der Waals surface area (Å²) in [6.45, 7) is 3.12. The van der Waals surface area contributed by atoms with E-state index in [1.807, 2.05) is 0 Å². The van der Waals surface area contributed by atoms with Crippen LogP contribution >= 0.6 is 34.8 Å². The first-order valence-electron chi connectivity index (χ1n) is 14.1. The Hall–Kier alpha value is -3.70. The molecule has 0 spiro atoms. The molecule has 3 heterocycles. The van der Waals surface area contributed by atoms with Gasteiger partial charge in [-0.3, -0.25) is 9.59 Å². The van der Waals surface area contributed by atoms with Gasteiger partial charge in [0.15, 0.2) is 5.82 Å². The number of amides is 2. The molecule has 1 saturated carbocycles. The summed E-state index contributed by atoms with van der Waals surface area (Å²) in [5.74, 6) is -1.54. The highest BCUT2D eigenvalue weighted by Gasteiger charge is 2.50. The topological polar surface area (TPSA) is 137 Å². The maximum atomic E-state index is 14.3. The van der Waals surface area contributed by atoms with Crippen molar-refractivity contribution < 1.29 is 28.6 Å². The number of hydrogen-bond acceptors (Lipinski definition) is 7. The van der Waals surface area contributed by atoms with E-state index in [1.54, 1.807) is 38.1 Å². The number of ether oxygens (including phenoxy) is 2. The molecule has 2 aromatic carbocycles. The highest BCUT2D eigenvalue weighted by molar-refractivity contribution is 6.35. The molecule has 2 atom stereocenters. The summed E-state index contributed by atoms with van der Waals surface area (Å²) in [6.07, 6.45) is 1.34. The van der Waals surface area contributed by atoms with E-state index in [0.29, 0.717) is 51.3 Å². The summed E-state index contributed by atoms with van der Waals surface area (Å²) in [5, 5.41) is 15.6. The van der Waals surface area contributed by atoms with E-state index in [1.165, 1.54) is 19.2 Å². The molecule has 0 radical (unpaired) electrons. The van der Waals surface area contributed by atoms with Gasteiger partial charge in [-0.05, 0) is 69.0 Å². The minimum atomic E-state index is -1.66. The molecule has 0 saturated heterocycles. The van der Waals surface area contributed by atoms with Gasteiger partial charge in [0, 0.05) is 22.1 Å². The average Bonchev–Trinajstić information content (AvgIpc) is 3.81. The number of carbonyl (C=O) groups excluding carboxylic acids is 2. The lowest BCUT2D eigenvalue weighted by Crippen LogP contribution is -2.44. The van der Waals surface area contributed by atoms with Crippen molar-refractivity contribution in [3.8, 4) is 22.8 Å². The maximum Gasteiger partial charge on any atom is 0.251 e. The molecular weight excluding hydrogens is 646 g/mol. The molecule has 9 nitrogen and oxygen atoms in total. The lowest BCUT2D eigenvalue weighted by Gasteiger charge is -2.30. The molecule has 2 aliphatic rings. The number of benzene rings is 2.